The normalized spacial score (nSPS) is 15.6. The first-order valence-electron chi connectivity index (χ1n) is 9.41. The largest absolute Gasteiger partial charge is 0.379 e. The lowest BCUT2D eigenvalue weighted by Gasteiger charge is -2.25. The summed E-state index contributed by atoms with van der Waals surface area (Å²) < 4.78 is 7.68. The van der Waals surface area contributed by atoms with E-state index in [0.29, 0.717) is 13.2 Å². The number of nitrogens with zero attached hydrogens (tertiary/aromatic N) is 4. The first-order chi connectivity index (χ1) is 13.2. The summed E-state index contributed by atoms with van der Waals surface area (Å²) in [6, 6.07) is 9.87. The Bertz CT molecular complexity index is 712. The summed E-state index contributed by atoms with van der Waals surface area (Å²) in [6.45, 7) is 3.08. The zero-order valence-electron chi connectivity index (χ0n) is 16.0. The highest BCUT2D eigenvalue weighted by Gasteiger charge is 2.21. The molecule has 1 aromatic heterocycles. The van der Waals surface area contributed by atoms with Crippen molar-refractivity contribution in [1.29, 1.82) is 0 Å². The number of ether oxygens (including phenoxy) is 1. The Labute approximate surface area is 166 Å². The number of likely N-dealkylation sites (N-methyl/N-ethyl adjacent to an activating group) is 1. The number of halogens is 1. The molecular formula is C20H28ClN5O. The topological polar surface area (TPSA) is 54.7 Å². The lowest BCUT2D eigenvalue weighted by atomic mass is 10.1. The number of aromatic nitrogens is 2. The summed E-state index contributed by atoms with van der Waals surface area (Å²) in [5, 5.41) is 8.61. The van der Waals surface area contributed by atoms with Gasteiger partial charge in [0, 0.05) is 51.2 Å². The summed E-state index contributed by atoms with van der Waals surface area (Å²) in [7, 11) is 3.83. The molecule has 1 aliphatic carbocycles. The van der Waals surface area contributed by atoms with Gasteiger partial charge in [-0.3, -0.25) is 9.67 Å². The van der Waals surface area contributed by atoms with E-state index in [1.54, 1.807) is 13.2 Å². The highest BCUT2D eigenvalue weighted by atomic mass is 35.5. The Morgan fingerprint density at radius 3 is 2.81 bits per heavy atom. The van der Waals surface area contributed by atoms with Gasteiger partial charge in [-0.05, 0) is 42.5 Å². The van der Waals surface area contributed by atoms with Crippen LogP contribution in [0.1, 0.15) is 24.4 Å². The summed E-state index contributed by atoms with van der Waals surface area (Å²) in [4.78, 5) is 6.49. The van der Waals surface area contributed by atoms with Crippen LogP contribution in [0.2, 0.25) is 5.02 Å². The molecule has 27 heavy (non-hydrogen) atoms. The van der Waals surface area contributed by atoms with Crippen molar-refractivity contribution in [1.82, 2.24) is 20.0 Å². The van der Waals surface area contributed by atoms with Crippen LogP contribution >= 0.6 is 11.6 Å². The number of nitrogens with one attached hydrogen (secondary N) is 1. The molecule has 3 rings (SSSR count). The van der Waals surface area contributed by atoms with Crippen LogP contribution in [0.3, 0.4) is 0 Å². The number of rotatable bonds is 9. The monoisotopic (exact) mass is 389 g/mol. The standard InChI is InChI=1S/C20H28ClN5O/c1-22-20(25(2)12-13-27-15-16-4-5-16)23-14-19(26-11-3-10-24-26)17-6-8-18(21)9-7-17/h3,6-11,16,19H,4-5,12-15H2,1-2H3,(H,22,23). The van der Waals surface area contributed by atoms with E-state index in [2.05, 4.69) is 20.3 Å². The Balaban J connectivity index is 1.56. The second kappa shape index (κ2) is 9.76. The third-order valence-corrected chi connectivity index (χ3v) is 5.00. The molecule has 1 atom stereocenters. The molecule has 0 bridgehead atoms. The Hall–Kier alpha value is -2.05. The average molecular weight is 390 g/mol. The maximum Gasteiger partial charge on any atom is 0.193 e. The molecule has 7 heteroatoms. The van der Waals surface area contributed by atoms with E-state index in [9.17, 15) is 0 Å². The van der Waals surface area contributed by atoms with Crippen LogP contribution in [0, 0.1) is 5.92 Å². The molecule has 0 saturated heterocycles. The van der Waals surface area contributed by atoms with Gasteiger partial charge in [0.15, 0.2) is 5.96 Å². The van der Waals surface area contributed by atoms with Crippen molar-refractivity contribution < 1.29 is 4.74 Å². The van der Waals surface area contributed by atoms with E-state index in [1.807, 2.05) is 48.3 Å². The number of hydrogen-bond donors (Lipinski definition) is 1. The molecule has 1 aromatic carbocycles. The van der Waals surface area contributed by atoms with Gasteiger partial charge in [-0.2, -0.15) is 5.10 Å². The molecule has 0 amide bonds. The summed E-state index contributed by atoms with van der Waals surface area (Å²) in [5.41, 5.74) is 1.14. The van der Waals surface area contributed by atoms with Crippen molar-refractivity contribution >= 4 is 17.6 Å². The Morgan fingerprint density at radius 2 is 2.19 bits per heavy atom. The molecule has 1 heterocycles. The summed E-state index contributed by atoms with van der Waals surface area (Å²) >= 11 is 6.04. The van der Waals surface area contributed by atoms with Crippen LogP contribution in [-0.2, 0) is 4.74 Å². The Kier molecular flexibility index (Phi) is 7.12. The van der Waals surface area contributed by atoms with Crippen LogP contribution in [0.5, 0.6) is 0 Å². The lowest BCUT2D eigenvalue weighted by Crippen LogP contribution is -2.43. The first kappa shape index (κ1) is 19.7. The summed E-state index contributed by atoms with van der Waals surface area (Å²) in [5.74, 6) is 1.64. The van der Waals surface area contributed by atoms with Crippen LogP contribution in [-0.4, -0.2) is 61.0 Å². The number of guanidine groups is 1. The molecule has 1 N–H and O–H groups in total. The molecule has 6 nitrogen and oxygen atoms in total. The predicted molar refractivity (Wildman–Crippen MR) is 109 cm³/mol. The zero-order valence-corrected chi connectivity index (χ0v) is 16.8. The fourth-order valence-electron chi connectivity index (χ4n) is 2.93. The first-order valence-corrected chi connectivity index (χ1v) is 9.79. The predicted octanol–water partition coefficient (Wildman–Crippen LogP) is 3.06. The van der Waals surface area contributed by atoms with Crippen LogP contribution < -0.4 is 5.32 Å². The SMILES string of the molecule is CN=C(NCC(c1ccc(Cl)cc1)n1cccn1)N(C)CCOCC1CC1. The maximum atomic E-state index is 6.04. The van der Waals surface area contributed by atoms with Crippen LogP contribution in [0.4, 0.5) is 0 Å². The van der Waals surface area contributed by atoms with Gasteiger partial charge in [-0.15, -0.1) is 0 Å². The van der Waals surface area contributed by atoms with Crippen molar-refractivity contribution in [2.45, 2.75) is 18.9 Å². The van der Waals surface area contributed by atoms with Crippen molar-refractivity contribution in [3.8, 4) is 0 Å². The number of aliphatic imine (C=N–C) groups is 1. The van der Waals surface area contributed by atoms with E-state index in [4.69, 9.17) is 16.3 Å². The van der Waals surface area contributed by atoms with Crippen molar-refractivity contribution in [3.05, 3.63) is 53.3 Å². The smallest absolute Gasteiger partial charge is 0.193 e. The molecule has 0 radical (unpaired) electrons. The lowest BCUT2D eigenvalue weighted by molar-refractivity contribution is 0.115. The average Bonchev–Trinajstić information content (AvgIpc) is 3.35. The van der Waals surface area contributed by atoms with E-state index in [1.165, 1.54) is 12.8 Å². The molecule has 1 unspecified atom stereocenters. The van der Waals surface area contributed by atoms with Crippen molar-refractivity contribution in [3.63, 3.8) is 0 Å². The molecule has 0 spiro atoms. The number of hydrogen-bond acceptors (Lipinski definition) is 3. The van der Waals surface area contributed by atoms with E-state index in [0.717, 1.165) is 35.6 Å². The summed E-state index contributed by atoms with van der Waals surface area (Å²) in [6.07, 6.45) is 6.40. The molecule has 0 aliphatic heterocycles. The van der Waals surface area contributed by atoms with Gasteiger partial charge < -0.3 is 15.0 Å². The Morgan fingerprint density at radius 1 is 1.41 bits per heavy atom. The van der Waals surface area contributed by atoms with Gasteiger partial charge in [-0.25, -0.2) is 0 Å². The number of benzene rings is 1. The minimum atomic E-state index is 0.0496. The van der Waals surface area contributed by atoms with Crippen molar-refractivity contribution in [2.75, 3.05) is 40.4 Å². The molecule has 2 aromatic rings. The van der Waals surface area contributed by atoms with Gasteiger partial charge in [0.1, 0.15) is 0 Å². The van der Waals surface area contributed by atoms with Gasteiger partial charge >= 0.3 is 0 Å². The van der Waals surface area contributed by atoms with Crippen LogP contribution in [0.15, 0.2) is 47.7 Å². The quantitative estimate of drug-likeness (QED) is 0.407. The third kappa shape index (κ3) is 5.97. The van der Waals surface area contributed by atoms with E-state index < -0.39 is 0 Å². The highest BCUT2D eigenvalue weighted by molar-refractivity contribution is 6.30. The minimum Gasteiger partial charge on any atom is -0.379 e. The molecule has 1 fully saturated rings. The molecule has 146 valence electrons. The molecular weight excluding hydrogens is 362 g/mol. The van der Waals surface area contributed by atoms with Crippen LogP contribution in [0.25, 0.3) is 0 Å². The van der Waals surface area contributed by atoms with Gasteiger partial charge in [0.2, 0.25) is 0 Å². The minimum absolute atomic E-state index is 0.0496. The second-order valence-electron chi connectivity index (χ2n) is 6.92. The zero-order chi connectivity index (χ0) is 19.1. The van der Waals surface area contributed by atoms with Gasteiger partial charge in [-0.1, -0.05) is 23.7 Å². The van der Waals surface area contributed by atoms with Gasteiger partial charge in [0.05, 0.1) is 12.6 Å². The third-order valence-electron chi connectivity index (χ3n) is 4.75. The van der Waals surface area contributed by atoms with Crippen molar-refractivity contribution in [2.24, 2.45) is 10.9 Å². The maximum absolute atomic E-state index is 6.04. The second-order valence-corrected chi connectivity index (χ2v) is 7.36. The van der Waals surface area contributed by atoms with Gasteiger partial charge in [0.25, 0.3) is 0 Å². The molecule has 1 aliphatic rings. The fourth-order valence-corrected chi connectivity index (χ4v) is 3.05. The molecule has 1 saturated carbocycles. The van der Waals surface area contributed by atoms with E-state index >= 15 is 0 Å². The van der Waals surface area contributed by atoms with E-state index in [-0.39, 0.29) is 6.04 Å². The fraction of sp³-hybridized carbons (Fsp3) is 0.500. The highest BCUT2D eigenvalue weighted by Crippen LogP contribution is 2.28.